The summed E-state index contributed by atoms with van der Waals surface area (Å²) in [4.78, 5) is 0. The number of hydrogen-bond acceptors (Lipinski definition) is 1. The summed E-state index contributed by atoms with van der Waals surface area (Å²) in [5, 5.41) is 0. The largest absolute Gasteiger partial charge is 0.489 e. The molecule has 2 rings (SSSR count). The Morgan fingerprint density at radius 1 is 1.05 bits per heavy atom. The van der Waals surface area contributed by atoms with E-state index in [0.717, 1.165) is 16.9 Å². The second-order valence-corrected chi connectivity index (χ2v) is 4.96. The minimum absolute atomic E-state index is 0.352. The number of hydrogen-bond donors (Lipinski definition) is 0. The number of rotatable bonds is 3. The molecular weight excluding hydrogens is 268 g/mol. The first-order valence-corrected chi connectivity index (χ1v) is 7.06. The Labute approximate surface area is 125 Å². The summed E-state index contributed by atoms with van der Waals surface area (Å²) in [7, 11) is 0. The van der Waals surface area contributed by atoms with Crippen LogP contribution in [-0.4, -0.2) is 5.88 Å². The second-order valence-electron chi connectivity index (χ2n) is 4.69. The molecule has 0 bridgehead atoms. The van der Waals surface area contributed by atoms with Gasteiger partial charge in [0.25, 0.3) is 0 Å². The van der Waals surface area contributed by atoms with Gasteiger partial charge in [-0.1, -0.05) is 41.7 Å². The summed E-state index contributed by atoms with van der Waals surface area (Å²) in [6.07, 6.45) is 0. The summed E-state index contributed by atoms with van der Waals surface area (Å²) in [5.41, 5.74) is 4.47. The fourth-order valence-electron chi connectivity index (χ4n) is 1.87. The number of aryl methyl sites for hydroxylation is 2. The van der Waals surface area contributed by atoms with Crippen LogP contribution in [0.5, 0.6) is 5.75 Å². The number of benzene rings is 2. The van der Waals surface area contributed by atoms with Crippen LogP contribution >= 0.6 is 11.6 Å². The van der Waals surface area contributed by atoms with Gasteiger partial charge in [0.15, 0.2) is 0 Å². The van der Waals surface area contributed by atoms with Crippen LogP contribution in [0.1, 0.15) is 22.3 Å². The monoisotopic (exact) mass is 284 g/mol. The third kappa shape index (κ3) is 4.05. The first-order chi connectivity index (χ1) is 9.69. The summed E-state index contributed by atoms with van der Waals surface area (Å²) < 4.78 is 5.85. The minimum atomic E-state index is 0.352. The molecule has 102 valence electrons. The fourth-order valence-corrected chi connectivity index (χ4v) is 1.94. The Hall–Kier alpha value is -1.91. The van der Waals surface area contributed by atoms with Crippen LogP contribution in [0.2, 0.25) is 0 Å². The van der Waals surface area contributed by atoms with E-state index in [0.29, 0.717) is 12.5 Å². The maximum Gasteiger partial charge on any atom is 0.122 e. The van der Waals surface area contributed by atoms with Crippen LogP contribution in [0.15, 0.2) is 42.5 Å². The molecule has 0 unspecified atom stereocenters. The highest BCUT2D eigenvalue weighted by atomic mass is 35.5. The van der Waals surface area contributed by atoms with E-state index < -0.39 is 0 Å². The van der Waals surface area contributed by atoms with Gasteiger partial charge in [0.2, 0.25) is 0 Å². The molecule has 0 amide bonds. The van der Waals surface area contributed by atoms with Crippen molar-refractivity contribution < 1.29 is 4.74 Å². The van der Waals surface area contributed by atoms with E-state index in [4.69, 9.17) is 16.3 Å². The van der Waals surface area contributed by atoms with Crippen molar-refractivity contribution in [2.75, 3.05) is 5.88 Å². The zero-order chi connectivity index (χ0) is 14.4. The van der Waals surface area contributed by atoms with Gasteiger partial charge in [-0.3, -0.25) is 0 Å². The SMILES string of the molecule is Cc1ccc(COc2ccc(C#CCCl)cc2C)cc1. The normalized spacial score (nSPS) is 9.75. The van der Waals surface area contributed by atoms with Gasteiger partial charge in [-0.15, -0.1) is 11.6 Å². The van der Waals surface area contributed by atoms with Crippen molar-refractivity contribution in [3.8, 4) is 17.6 Å². The van der Waals surface area contributed by atoms with E-state index in [9.17, 15) is 0 Å². The second kappa shape index (κ2) is 7.03. The zero-order valence-electron chi connectivity index (χ0n) is 11.7. The van der Waals surface area contributed by atoms with E-state index in [1.807, 2.05) is 25.1 Å². The molecule has 0 aromatic heterocycles. The molecule has 0 atom stereocenters. The minimum Gasteiger partial charge on any atom is -0.489 e. The molecule has 0 N–H and O–H groups in total. The lowest BCUT2D eigenvalue weighted by Gasteiger charge is -2.09. The average Bonchev–Trinajstić information content (AvgIpc) is 2.46. The van der Waals surface area contributed by atoms with Gasteiger partial charge in [-0.2, -0.15) is 0 Å². The molecule has 0 saturated carbocycles. The number of ether oxygens (including phenoxy) is 1. The predicted octanol–water partition coefficient (Wildman–Crippen LogP) is 4.47. The van der Waals surface area contributed by atoms with Gasteiger partial charge in [-0.25, -0.2) is 0 Å². The van der Waals surface area contributed by atoms with Crippen LogP contribution in [-0.2, 0) is 6.61 Å². The zero-order valence-corrected chi connectivity index (χ0v) is 12.5. The maximum atomic E-state index is 5.85. The molecular formula is C18H17ClO. The van der Waals surface area contributed by atoms with Crippen LogP contribution in [0.25, 0.3) is 0 Å². The highest BCUT2D eigenvalue weighted by Crippen LogP contribution is 2.20. The van der Waals surface area contributed by atoms with Gasteiger partial charge in [0.1, 0.15) is 12.4 Å². The van der Waals surface area contributed by atoms with Gasteiger partial charge >= 0.3 is 0 Å². The maximum absolute atomic E-state index is 5.85. The van der Waals surface area contributed by atoms with E-state index in [2.05, 4.69) is 43.0 Å². The molecule has 2 aromatic rings. The molecule has 0 spiro atoms. The summed E-state index contributed by atoms with van der Waals surface area (Å²) in [5.74, 6) is 7.10. The van der Waals surface area contributed by atoms with Crippen molar-refractivity contribution in [2.24, 2.45) is 0 Å². The Morgan fingerprint density at radius 2 is 1.80 bits per heavy atom. The lowest BCUT2D eigenvalue weighted by Crippen LogP contribution is -1.97. The third-order valence-corrected chi connectivity index (χ3v) is 3.12. The van der Waals surface area contributed by atoms with Crippen LogP contribution in [0.3, 0.4) is 0 Å². The number of halogens is 1. The quantitative estimate of drug-likeness (QED) is 0.597. The number of alkyl halides is 1. The van der Waals surface area contributed by atoms with E-state index in [1.54, 1.807) is 0 Å². The van der Waals surface area contributed by atoms with Crippen LogP contribution in [0, 0.1) is 25.7 Å². The van der Waals surface area contributed by atoms with Crippen LogP contribution < -0.4 is 4.74 Å². The molecule has 0 fully saturated rings. The first kappa shape index (κ1) is 14.5. The molecule has 2 heteroatoms. The molecule has 0 aliphatic heterocycles. The third-order valence-electron chi connectivity index (χ3n) is 2.99. The van der Waals surface area contributed by atoms with Crippen molar-refractivity contribution in [2.45, 2.75) is 20.5 Å². The van der Waals surface area contributed by atoms with Crippen molar-refractivity contribution in [3.63, 3.8) is 0 Å². The summed E-state index contributed by atoms with van der Waals surface area (Å²) in [6, 6.07) is 14.3. The molecule has 0 aliphatic rings. The average molecular weight is 285 g/mol. The highest BCUT2D eigenvalue weighted by molar-refractivity contribution is 6.19. The van der Waals surface area contributed by atoms with Gasteiger partial charge < -0.3 is 4.74 Å². The van der Waals surface area contributed by atoms with Gasteiger partial charge in [0, 0.05) is 5.56 Å². The Morgan fingerprint density at radius 3 is 2.45 bits per heavy atom. The van der Waals surface area contributed by atoms with E-state index in [-0.39, 0.29) is 0 Å². The molecule has 0 saturated heterocycles. The molecule has 0 heterocycles. The van der Waals surface area contributed by atoms with Gasteiger partial charge in [0.05, 0.1) is 5.88 Å². The van der Waals surface area contributed by atoms with Gasteiger partial charge in [-0.05, 0) is 43.2 Å². The topological polar surface area (TPSA) is 9.23 Å². The van der Waals surface area contributed by atoms with Crippen LogP contribution in [0.4, 0.5) is 0 Å². The smallest absolute Gasteiger partial charge is 0.122 e. The van der Waals surface area contributed by atoms with Crippen molar-refractivity contribution in [1.29, 1.82) is 0 Å². The highest BCUT2D eigenvalue weighted by Gasteiger charge is 2.01. The van der Waals surface area contributed by atoms with E-state index >= 15 is 0 Å². The molecule has 20 heavy (non-hydrogen) atoms. The molecule has 0 radical (unpaired) electrons. The standard InChI is InChI=1S/C18H17ClO/c1-14-5-7-17(8-6-14)13-20-18-10-9-16(4-3-11-19)12-15(18)2/h5-10,12H,11,13H2,1-2H3. The van der Waals surface area contributed by atoms with E-state index in [1.165, 1.54) is 11.1 Å². The molecule has 0 aliphatic carbocycles. The lowest BCUT2D eigenvalue weighted by atomic mass is 10.1. The Kier molecular flexibility index (Phi) is 5.09. The lowest BCUT2D eigenvalue weighted by molar-refractivity contribution is 0.304. The summed E-state index contributed by atoms with van der Waals surface area (Å²) in [6.45, 7) is 4.68. The van der Waals surface area contributed by atoms with Crippen molar-refractivity contribution in [1.82, 2.24) is 0 Å². The summed E-state index contributed by atoms with van der Waals surface area (Å²) >= 11 is 5.55. The molecule has 1 nitrogen and oxygen atoms in total. The first-order valence-electron chi connectivity index (χ1n) is 6.53. The molecule has 2 aromatic carbocycles. The van der Waals surface area contributed by atoms with Crippen molar-refractivity contribution >= 4 is 11.6 Å². The Bertz CT molecular complexity index is 633. The van der Waals surface area contributed by atoms with Crippen molar-refractivity contribution in [3.05, 3.63) is 64.7 Å². The fraction of sp³-hybridized carbons (Fsp3) is 0.222. The Balaban J connectivity index is 2.04. The predicted molar refractivity (Wildman–Crippen MR) is 84.3 cm³/mol.